The quantitative estimate of drug-likeness (QED) is 0.147. The normalized spacial score (nSPS) is 55.2. The maximum Gasteiger partial charge on any atom is 0.187 e. The third-order valence-corrected chi connectivity index (χ3v) is 18.4. The van der Waals surface area contributed by atoms with Crippen LogP contribution in [0.4, 0.5) is 0 Å². The molecular formula is C48H78O16. The number of ether oxygens (including phenoxy) is 8. The summed E-state index contributed by atoms with van der Waals surface area (Å²) in [5.41, 5.74) is 1.30. The second-order valence-electron chi connectivity index (χ2n) is 21.9. The molecule has 0 radical (unpaired) electrons. The summed E-state index contributed by atoms with van der Waals surface area (Å²) in [5.74, 6) is 1.43. The lowest BCUT2D eigenvalue weighted by Gasteiger charge is -2.65. The van der Waals surface area contributed by atoms with Crippen LogP contribution < -0.4 is 0 Å². The van der Waals surface area contributed by atoms with Gasteiger partial charge >= 0.3 is 0 Å². The van der Waals surface area contributed by atoms with Crippen molar-refractivity contribution in [1.29, 1.82) is 0 Å². The van der Waals surface area contributed by atoms with Crippen molar-refractivity contribution in [3.8, 4) is 0 Å². The highest BCUT2D eigenvalue weighted by molar-refractivity contribution is 5.33. The molecule has 366 valence electrons. The lowest BCUT2D eigenvalue weighted by atomic mass is 9.41. The molecule has 25 atom stereocenters. The maximum atomic E-state index is 11.8. The summed E-state index contributed by atoms with van der Waals surface area (Å²) in [6, 6.07) is 0. The first kappa shape index (κ1) is 49.3. The number of allylic oxidation sites excluding steroid dienone is 3. The van der Waals surface area contributed by atoms with Gasteiger partial charge in [0.25, 0.3) is 0 Å². The second kappa shape index (κ2) is 18.3. The fraction of sp³-hybridized carbons (Fsp3) is 0.917. The molecule has 4 aliphatic heterocycles. The number of hydrogen-bond acceptors (Lipinski definition) is 16. The minimum Gasteiger partial charge on any atom is -0.388 e. The molecule has 8 aliphatic rings. The van der Waals surface area contributed by atoms with Gasteiger partial charge in [0.1, 0.15) is 61.0 Å². The zero-order valence-corrected chi connectivity index (χ0v) is 39.1. The van der Waals surface area contributed by atoms with Gasteiger partial charge in [0.05, 0.1) is 31.0 Å². The van der Waals surface area contributed by atoms with E-state index < -0.39 is 110 Å². The zero-order valence-electron chi connectivity index (χ0n) is 39.1. The van der Waals surface area contributed by atoms with Crippen molar-refractivity contribution in [2.75, 3.05) is 13.7 Å². The Hall–Kier alpha value is -1.16. The molecule has 16 nitrogen and oxygen atoms in total. The topological polar surface area (TPSA) is 236 Å². The molecule has 64 heavy (non-hydrogen) atoms. The Morgan fingerprint density at radius 2 is 1.34 bits per heavy atom. The maximum absolute atomic E-state index is 11.8. The molecule has 3 saturated carbocycles. The molecule has 7 fully saturated rings. The fourth-order valence-electron chi connectivity index (χ4n) is 14.4. The Kier molecular flexibility index (Phi) is 14.1. The Balaban J connectivity index is 1.03. The van der Waals surface area contributed by atoms with Crippen LogP contribution in [0.25, 0.3) is 0 Å². The van der Waals surface area contributed by atoms with Crippen LogP contribution in [-0.4, -0.2) is 165 Å². The van der Waals surface area contributed by atoms with E-state index in [-0.39, 0.29) is 34.6 Å². The number of methoxy groups -OCH3 is 1. The van der Waals surface area contributed by atoms with Gasteiger partial charge in [-0.05, 0) is 112 Å². The van der Waals surface area contributed by atoms with Crippen molar-refractivity contribution in [2.24, 2.45) is 45.3 Å². The minimum absolute atomic E-state index is 0.0307. The zero-order chi connectivity index (χ0) is 46.4. The van der Waals surface area contributed by atoms with Crippen LogP contribution in [-0.2, 0) is 37.9 Å². The number of fused-ring (bicyclic) bond motifs is 5. The van der Waals surface area contributed by atoms with Crippen molar-refractivity contribution < 1.29 is 78.7 Å². The van der Waals surface area contributed by atoms with Crippen molar-refractivity contribution in [2.45, 2.75) is 217 Å². The van der Waals surface area contributed by atoms with Crippen LogP contribution in [0.15, 0.2) is 23.8 Å². The Bertz CT molecular complexity index is 1690. The van der Waals surface area contributed by atoms with Gasteiger partial charge in [-0.15, -0.1) is 0 Å². The molecule has 0 aromatic heterocycles. The summed E-state index contributed by atoms with van der Waals surface area (Å²) in [6.45, 7) is 16.7. The van der Waals surface area contributed by atoms with E-state index in [9.17, 15) is 40.9 Å². The molecule has 0 unspecified atom stereocenters. The number of rotatable bonds is 10. The van der Waals surface area contributed by atoms with Gasteiger partial charge in [0.15, 0.2) is 25.2 Å². The minimum atomic E-state index is -1.70. The molecule has 4 aliphatic carbocycles. The third kappa shape index (κ3) is 8.02. The highest BCUT2D eigenvalue weighted by Crippen LogP contribution is 2.74. The molecule has 4 heterocycles. The Labute approximate surface area is 378 Å². The fourth-order valence-corrected chi connectivity index (χ4v) is 14.4. The summed E-state index contributed by atoms with van der Waals surface area (Å²) >= 11 is 0. The van der Waals surface area contributed by atoms with Crippen molar-refractivity contribution in [3.05, 3.63) is 23.8 Å². The van der Waals surface area contributed by atoms with Gasteiger partial charge in [-0.1, -0.05) is 58.4 Å². The lowest BCUT2D eigenvalue weighted by Crippen LogP contribution is -2.65. The summed E-state index contributed by atoms with van der Waals surface area (Å²) in [4.78, 5) is 0. The van der Waals surface area contributed by atoms with E-state index in [1.54, 1.807) is 12.7 Å². The first-order valence-corrected chi connectivity index (χ1v) is 24.0. The summed E-state index contributed by atoms with van der Waals surface area (Å²) in [6.07, 6.45) is -7.09. The van der Waals surface area contributed by atoms with Gasteiger partial charge in [0.2, 0.25) is 0 Å². The monoisotopic (exact) mass is 911 g/mol. The standard InChI is InChI=1S/C48H78O16/c1-10-11-24-20-25(41(57-9)61-24)26-14-18-48(8)28-12-13-30-45(4,5)31(16-17-46(30,6)27(28)15-19-47(26,48)7)63-44-40(64-43-39(56)36(53)33(50)23(3)60-43)37(54)34(51)29(62-44)21-58-42-38(55)35(52)32(49)22(2)59-42/h10-12,22-27,29-44,49-56H,13-21H2,1-9H3/b11-10+/t22-,23-,24+,25-,26-,27-,29+,30-,31-,32-,33-,34+,35+,36+,37-,38+,39+,40+,41+,42+,43-,44-,46+,47-,48+/m0/s1. The third-order valence-electron chi connectivity index (χ3n) is 18.4. The molecular weight excluding hydrogens is 833 g/mol. The molecule has 0 aromatic rings. The average molecular weight is 911 g/mol. The highest BCUT2D eigenvalue weighted by atomic mass is 16.8. The number of hydrogen-bond donors (Lipinski definition) is 8. The Morgan fingerprint density at radius 3 is 2.00 bits per heavy atom. The summed E-state index contributed by atoms with van der Waals surface area (Å²) in [5, 5.41) is 86.3. The van der Waals surface area contributed by atoms with Gasteiger partial charge in [-0.25, -0.2) is 0 Å². The number of aliphatic hydroxyl groups excluding tert-OH is 8. The van der Waals surface area contributed by atoms with Gasteiger partial charge < -0.3 is 78.7 Å². The van der Waals surface area contributed by atoms with E-state index in [0.717, 1.165) is 44.9 Å². The van der Waals surface area contributed by atoms with Crippen molar-refractivity contribution in [1.82, 2.24) is 0 Å². The summed E-state index contributed by atoms with van der Waals surface area (Å²) in [7, 11) is 1.77. The average Bonchev–Trinajstić information content (AvgIpc) is 3.79. The Morgan fingerprint density at radius 1 is 0.688 bits per heavy atom. The van der Waals surface area contributed by atoms with Crippen LogP contribution in [0.1, 0.15) is 107 Å². The van der Waals surface area contributed by atoms with E-state index in [0.29, 0.717) is 24.2 Å². The second-order valence-corrected chi connectivity index (χ2v) is 21.9. The molecule has 0 spiro atoms. The first-order chi connectivity index (χ1) is 30.1. The van der Waals surface area contributed by atoms with Crippen molar-refractivity contribution >= 4 is 0 Å². The summed E-state index contributed by atoms with van der Waals surface area (Å²) < 4.78 is 49.1. The molecule has 0 bridgehead atoms. The van der Waals surface area contributed by atoms with Crippen LogP contribution >= 0.6 is 0 Å². The molecule has 16 heteroatoms. The van der Waals surface area contributed by atoms with Gasteiger partial charge in [-0.3, -0.25) is 0 Å². The highest BCUT2D eigenvalue weighted by Gasteiger charge is 2.67. The smallest absolute Gasteiger partial charge is 0.187 e. The first-order valence-electron chi connectivity index (χ1n) is 24.0. The molecule has 4 saturated heterocycles. The molecule has 0 aromatic carbocycles. The lowest BCUT2D eigenvalue weighted by molar-refractivity contribution is -0.379. The van der Waals surface area contributed by atoms with Crippen LogP contribution in [0.5, 0.6) is 0 Å². The van der Waals surface area contributed by atoms with Crippen LogP contribution in [0.3, 0.4) is 0 Å². The van der Waals surface area contributed by atoms with Crippen molar-refractivity contribution in [3.63, 3.8) is 0 Å². The SMILES string of the molecule is C/C=C/[C@@H]1C[C@@H]([C@@H]2CC[C@]3(C)C4=CC[C@H]5C(C)(C)[C@@H](O[C@@H]6O[C@H](CO[C@@H]7O[C@@H](C)[C@H](O)[C@@H](O)[C@H]7O)[C@@H](O)[C@H](O)[C@H]6O[C@@H]6O[C@@H](C)[C@H](O)[C@@H](O)[C@H]6O)CC[C@]5(C)[C@H]4CC[C@@]23C)[C@H](OC)O1. The molecule has 8 N–H and O–H groups in total. The van der Waals surface area contributed by atoms with E-state index >= 15 is 0 Å². The predicted molar refractivity (Wildman–Crippen MR) is 229 cm³/mol. The number of aliphatic hydroxyl groups is 8. The van der Waals surface area contributed by atoms with Crippen LogP contribution in [0.2, 0.25) is 0 Å². The van der Waals surface area contributed by atoms with E-state index in [4.69, 9.17) is 37.9 Å². The predicted octanol–water partition coefficient (Wildman–Crippen LogP) is 2.43. The van der Waals surface area contributed by atoms with Gasteiger partial charge in [0, 0.05) is 13.0 Å². The van der Waals surface area contributed by atoms with Crippen LogP contribution in [0, 0.1) is 45.3 Å². The molecule has 0 amide bonds. The van der Waals surface area contributed by atoms with Gasteiger partial charge in [-0.2, -0.15) is 0 Å². The molecule has 8 rings (SSSR count). The van der Waals surface area contributed by atoms with E-state index in [1.807, 2.05) is 6.92 Å². The largest absolute Gasteiger partial charge is 0.388 e. The van der Waals surface area contributed by atoms with E-state index in [1.165, 1.54) is 13.8 Å². The van der Waals surface area contributed by atoms with E-state index in [2.05, 4.69) is 52.8 Å².